The summed E-state index contributed by atoms with van der Waals surface area (Å²) in [4.78, 5) is 0.333. The van der Waals surface area contributed by atoms with Gasteiger partial charge < -0.3 is 5.73 Å². The molecule has 4 nitrogen and oxygen atoms in total. The lowest BCUT2D eigenvalue weighted by molar-refractivity contribution is 0.202. The van der Waals surface area contributed by atoms with Crippen molar-refractivity contribution in [1.29, 1.82) is 0 Å². The standard InChI is InChI=1S/C14H19BrN2O2S/c15-12-9-11(16)6-7-14(12)20(18,19)17-8-2-4-10-3-1-5-13(10)17/h6-7,9-10,13H,1-5,8,16H2. The van der Waals surface area contributed by atoms with E-state index in [0.717, 1.165) is 19.3 Å². The quantitative estimate of drug-likeness (QED) is 0.826. The van der Waals surface area contributed by atoms with Gasteiger partial charge in [-0.05, 0) is 65.7 Å². The average molecular weight is 359 g/mol. The minimum atomic E-state index is -3.43. The first kappa shape index (κ1) is 14.4. The largest absolute Gasteiger partial charge is 0.399 e. The first-order valence-corrected chi connectivity index (χ1v) is 9.30. The monoisotopic (exact) mass is 358 g/mol. The first-order valence-electron chi connectivity index (χ1n) is 7.07. The highest BCUT2D eigenvalue weighted by Gasteiger charge is 2.41. The van der Waals surface area contributed by atoms with E-state index in [1.54, 1.807) is 22.5 Å². The molecule has 20 heavy (non-hydrogen) atoms. The van der Waals surface area contributed by atoms with Crippen LogP contribution < -0.4 is 5.73 Å². The van der Waals surface area contributed by atoms with Crippen LogP contribution in [0.4, 0.5) is 5.69 Å². The van der Waals surface area contributed by atoms with Gasteiger partial charge in [0.25, 0.3) is 0 Å². The zero-order valence-corrected chi connectivity index (χ0v) is 13.7. The van der Waals surface area contributed by atoms with Crippen LogP contribution in [0.1, 0.15) is 32.1 Å². The maximum absolute atomic E-state index is 12.9. The third-order valence-electron chi connectivity index (χ3n) is 4.48. The van der Waals surface area contributed by atoms with E-state index >= 15 is 0 Å². The van der Waals surface area contributed by atoms with Crippen molar-refractivity contribution < 1.29 is 8.42 Å². The Hall–Kier alpha value is -0.590. The number of nitrogens with zero attached hydrogens (tertiary/aromatic N) is 1. The molecule has 0 bridgehead atoms. The topological polar surface area (TPSA) is 63.4 Å². The highest BCUT2D eigenvalue weighted by molar-refractivity contribution is 9.10. The summed E-state index contributed by atoms with van der Waals surface area (Å²) < 4.78 is 28.1. The normalized spacial score (nSPS) is 27.4. The Morgan fingerprint density at radius 1 is 1.20 bits per heavy atom. The Morgan fingerprint density at radius 3 is 2.70 bits per heavy atom. The molecule has 2 unspecified atom stereocenters. The van der Waals surface area contributed by atoms with Crippen LogP contribution in [0.5, 0.6) is 0 Å². The SMILES string of the molecule is Nc1ccc(S(=O)(=O)N2CCCC3CCCC32)c(Br)c1. The number of fused-ring (bicyclic) bond motifs is 1. The summed E-state index contributed by atoms with van der Waals surface area (Å²) in [7, 11) is -3.43. The Balaban J connectivity index is 1.98. The molecule has 1 saturated heterocycles. The lowest BCUT2D eigenvalue weighted by atomic mass is 9.94. The fraction of sp³-hybridized carbons (Fsp3) is 0.571. The van der Waals surface area contributed by atoms with Crippen molar-refractivity contribution in [3.63, 3.8) is 0 Å². The summed E-state index contributed by atoms with van der Waals surface area (Å²) >= 11 is 3.34. The molecule has 6 heteroatoms. The third kappa shape index (κ3) is 2.38. The van der Waals surface area contributed by atoms with E-state index in [1.807, 2.05) is 0 Å². The van der Waals surface area contributed by atoms with Gasteiger partial charge in [0.15, 0.2) is 0 Å². The number of rotatable bonds is 2. The number of anilines is 1. The maximum atomic E-state index is 12.9. The van der Waals surface area contributed by atoms with Crippen molar-refractivity contribution in [2.75, 3.05) is 12.3 Å². The Morgan fingerprint density at radius 2 is 1.95 bits per heavy atom. The predicted molar refractivity (Wildman–Crippen MR) is 82.8 cm³/mol. The summed E-state index contributed by atoms with van der Waals surface area (Å²) in [6.45, 7) is 0.639. The number of benzene rings is 1. The van der Waals surface area contributed by atoms with Crippen molar-refractivity contribution in [3.8, 4) is 0 Å². The predicted octanol–water partition coefficient (Wildman–Crippen LogP) is 2.98. The zero-order valence-electron chi connectivity index (χ0n) is 11.3. The van der Waals surface area contributed by atoms with E-state index < -0.39 is 10.0 Å². The first-order chi connectivity index (χ1) is 9.50. The molecule has 3 rings (SSSR count). The van der Waals surface area contributed by atoms with E-state index in [9.17, 15) is 8.42 Å². The number of sulfonamides is 1. The van der Waals surface area contributed by atoms with Crippen LogP contribution in [0.2, 0.25) is 0 Å². The van der Waals surface area contributed by atoms with E-state index in [0.29, 0.717) is 27.5 Å². The van der Waals surface area contributed by atoms with E-state index in [4.69, 9.17) is 5.73 Å². The van der Waals surface area contributed by atoms with Crippen LogP contribution >= 0.6 is 15.9 Å². The molecular weight excluding hydrogens is 340 g/mol. The molecule has 110 valence electrons. The fourth-order valence-electron chi connectivity index (χ4n) is 3.56. The fourth-order valence-corrected chi connectivity index (χ4v) is 6.37. The van der Waals surface area contributed by atoms with Gasteiger partial charge in [-0.2, -0.15) is 4.31 Å². The highest BCUT2D eigenvalue weighted by atomic mass is 79.9. The van der Waals surface area contributed by atoms with Gasteiger partial charge in [-0.3, -0.25) is 0 Å². The molecule has 1 aromatic rings. The van der Waals surface area contributed by atoms with E-state index in [-0.39, 0.29) is 6.04 Å². The molecule has 0 spiro atoms. The summed E-state index contributed by atoms with van der Waals surface area (Å²) in [6.07, 6.45) is 5.44. The minimum absolute atomic E-state index is 0.193. The van der Waals surface area contributed by atoms with Crippen molar-refractivity contribution in [1.82, 2.24) is 4.31 Å². The molecule has 2 atom stereocenters. The van der Waals surface area contributed by atoms with Crippen LogP contribution in [-0.2, 0) is 10.0 Å². The zero-order chi connectivity index (χ0) is 14.3. The molecule has 1 aromatic carbocycles. The van der Waals surface area contributed by atoms with Crippen LogP contribution in [0.3, 0.4) is 0 Å². The number of nitrogens with two attached hydrogens (primary N) is 1. The van der Waals surface area contributed by atoms with Gasteiger partial charge in [0, 0.05) is 22.7 Å². The lowest BCUT2D eigenvalue weighted by Gasteiger charge is -2.36. The molecule has 2 N–H and O–H groups in total. The summed E-state index contributed by atoms with van der Waals surface area (Å²) in [5, 5.41) is 0. The second kappa shape index (κ2) is 5.31. The third-order valence-corrected chi connectivity index (χ3v) is 7.39. The number of hydrogen-bond donors (Lipinski definition) is 1. The van der Waals surface area contributed by atoms with Crippen molar-refractivity contribution >= 4 is 31.6 Å². The highest BCUT2D eigenvalue weighted by Crippen LogP contribution is 2.40. The second-order valence-corrected chi connectivity index (χ2v) is 8.42. The van der Waals surface area contributed by atoms with Crippen LogP contribution in [-0.4, -0.2) is 25.3 Å². The molecule has 0 amide bonds. The van der Waals surface area contributed by atoms with Gasteiger partial charge in [0.05, 0.1) is 4.90 Å². The summed E-state index contributed by atoms with van der Waals surface area (Å²) in [6, 6.07) is 5.10. The molecular formula is C14H19BrN2O2S. The maximum Gasteiger partial charge on any atom is 0.244 e. The number of hydrogen-bond acceptors (Lipinski definition) is 3. The summed E-state index contributed by atoms with van der Waals surface area (Å²) in [5.74, 6) is 0.547. The van der Waals surface area contributed by atoms with Gasteiger partial charge in [0.1, 0.15) is 0 Å². The smallest absolute Gasteiger partial charge is 0.244 e. The number of nitrogen functional groups attached to an aromatic ring is 1. The van der Waals surface area contributed by atoms with Gasteiger partial charge in [-0.15, -0.1) is 0 Å². The number of halogens is 1. The summed E-state index contributed by atoms with van der Waals surface area (Å²) in [5.41, 5.74) is 6.26. The van der Waals surface area contributed by atoms with E-state index in [1.165, 1.54) is 12.8 Å². The van der Waals surface area contributed by atoms with Gasteiger partial charge in [-0.1, -0.05) is 6.42 Å². The second-order valence-electron chi connectivity index (χ2n) is 5.71. The molecule has 1 aliphatic heterocycles. The van der Waals surface area contributed by atoms with Gasteiger partial charge in [-0.25, -0.2) is 8.42 Å². The van der Waals surface area contributed by atoms with Crippen LogP contribution in [0.25, 0.3) is 0 Å². The molecule has 1 heterocycles. The molecule has 1 saturated carbocycles. The van der Waals surface area contributed by atoms with Crippen molar-refractivity contribution in [2.24, 2.45) is 5.92 Å². The van der Waals surface area contributed by atoms with Crippen LogP contribution in [0.15, 0.2) is 27.6 Å². The molecule has 1 aliphatic carbocycles. The lowest BCUT2D eigenvalue weighted by Crippen LogP contribution is -2.46. The molecule has 0 aromatic heterocycles. The van der Waals surface area contributed by atoms with Gasteiger partial charge >= 0.3 is 0 Å². The van der Waals surface area contributed by atoms with Gasteiger partial charge in [0.2, 0.25) is 10.0 Å². The minimum Gasteiger partial charge on any atom is -0.399 e. The molecule has 2 aliphatic rings. The van der Waals surface area contributed by atoms with E-state index in [2.05, 4.69) is 15.9 Å². The Kier molecular flexibility index (Phi) is 3.81. The van der Waals surface area contributed by atoms with Crippen LogP contribution in [0, 0.1) is 5.92 Å². The Labute approximate surface area is 128 Å². The number of piperidine rings is 1. The Bertz CT molecular complexity index is 618. The van der Waals surface area contributed by atoms with Crippen molar-refractivity contribution in [3.05, 3.63) is 22.7 Å². The molecule has 2 fully saturated rings. The van der Waals surface area contributed by atoms with Crippen molar-refractivity contribution in [2.45, 2.75) is 43.0 Å². The average Bonchev–Trinajstić information content (AvgIpc) is 2.85. The molecule has 0 radical (unpaired) electrons.